The third kappa shape index (κ3) is 4.72. The topological polar surface area (TPSA) is 55.4 Å². The lowest BCUT2D eigenvalue weighted by Gasteiger charge is -2.07. The lowest BCUT2D eigenvalue weighted by Crippen LogP contribution is -2.11. The van der Waals surface area contributed by atoms with Crippen LogP contribution >= 0.6 is 15.9 Å². The summed E-state index contributed by atoms with van der Waals surface area (Å²) < 4.78 is 6.30. The van der Waals surface area contributed by atoms with E-state index in [-0.39, 0.29) is 18.3 Å². The van der Waals surface area contributed by atoms with Crippen LogP contribution in [0.25, 0.3) is 0 Å². The summed E-state index contributed by atoms with van der Waals surface area (Å²) in [6, 6.07) is 14.0. The summed E-state index contributed by atoms with van der Waals surface area (Å²) in [5, 5.41) is 2.66. The summed E-state index contributed by atoms with van der Waals surface area (Å²) in [7, 11) is 0. The Balaban J connectivity index is 1.93. The van der Waals surface area contributed by atoms with E-state index in [0.29, 0.717) is 17.0 Å². The zero-order valence-electron chi connectivity index (χ0n) is 11.4. The Bertz CT molecular complexity index is 653. The highest BCUT2D eigenvalue weighted by Crippen LogP contribution is 2.17. The largest absolute Gasteiger partial charge is 0.485 e. The number of amides is 1. The Hall–Kier alpha value is -2.14. The van der Waals surface area contributed by atoms with Crippen molar-refractivity contribution in [3.05, 3.63) is 58.6 Å². The molecule has 0 radical (unpaired) electrons. The first kappa shape index (κ1) is 15.3. The normalized spacial score (nSPS) is 10.0. The summed E-state index contributed by atoms with van der Waals surface area (Å²) in [5.74, 6) is 0.350. The van der Waals surface area contributed by atoms with Crippen LogP contribution in [0, 0.1) is 0 Å². The third-order valence-electron chi connectivity index (χ3n) is 2.69. The molecular formula is C16H14BrNO3. The quantitative estimate of drug-likeness (QED) is 0.839. The number of hydrogen-bond acceptors (Lipinski definition) is 3. The van der Waals surface area contributed by atoms with E-state index in [1.54, 1.807) is 42.5 Å². The van der Waals surface area contributed by atoms with Gasteiger partial charge in [0.1, 0.15) is 5.75 Å². The van der Waals surface area contributed by atoms with Gasteiger partial charge in [0.15, 0.2) is 12.4 Å². The molecule has 4 nitrogen and oxygen atoms in total. The maximum Gasteiger partial charge on any atom is 0.221 e. The van der Waals surface area contributed by atoms with Crippen molar-refractivity contribution >= 4 is 33.3 Å². The molecule has 2 aromatic carbocycles. The maximum absolute atomic E-state index is 12.0. The van der Waals surface area contributed by atoms with Crippen LogP contribution in [-0.2, 0) is 4.79 Å². The van der Waals surface area contributed by atoms with E-state index in [2.05, 4.69) is 21.2 Å². The van der Waals surface area contributed by atoms with E-state index in [9.17, 15) is 9.59 Å². The molecule has 1 N–H and O–H groups in total. The van der Waals surface area contributed by atoms with Crippen molar-refractivity contribution in [1.29, 1.82) is 0 Å². The number of carbonyl (C=O) groups excluding carboxylic acids is 2. The standard InChI is InChI=1S/C16H14BrNO3/c1-11(19)18-14-5-7-15(8-6-14)21-10-16(20)12-3-2-4-13(17)9-12/h2-9H,10H2,1H3,(H,18,19). The van der Waals surface area contributed by atoms with Gasteiger partial charge in [0.05, 0.1) is 0 Å². The number of Topliss-reactive ketones (excluding diaryl/α,β-unsaturated/α-hetero) is 1. The van der Waals surface area contributed by atoms with E-state index < -0.39 is 0 Å². The van der Waals surface area contributed by atoms with Gasteiger partial charge in [-0.25, -0.2) is 0 Å². The van der Waals surface area contributed by atoms with E-state index in [4.69, 9.17) is 4.74 Å². The van der Waals surface area contributed by atoms with Gasteiger partial charge in [-0.2, -0.15) is 0 Å². The van der Waals surface area contributed by atoms with Crippen molar-refractivity contribution in [2.75, 3.05) is 11.9 Å². The zero-order chi connectivity index (χ0) is 15.2. The Kier molecular flexibility index (Phi) is 5.11. The predicted octanol–water partition coefficient (Wildman–Crippen LogP) is 3.67. The van der Waals surface area contributed by atoms with Crippen LogP contribution in [0.3, 0.4) is 0 Å². The molecular weight excluding hydrogens is 334 g/mol. The molecule has 1 amide bonds. The van der Waals surface area contributed by atoms with E-state index >= 15 is 0 Å². The van der Waals surface area contributed by atoms with Crippen LogP contribution in [-0.4, -0.2) is 18.3 Å². The fraction of sp³-hybridized carbons (Fsp3) is 0.125. The fourth-order valence-electron chi connectivity index (χ4n) is 1.73. The average Bonchev–Trinajstić information content (AvgIpc) is 2.45. The molecule has 0 heterocycles. The van der Waals surface area contributed by atoms with Gasteiger partial charge in [-0.15, -0.1) is 0 Å². The predicted molar refractivity (Wildman–Crippen MR) is 84.7 cm³/mol. The van der Waals surface area contributed by atoms with E-state index in [1.165, 1.54) is 6.92 Å². The number of rotatable bonds is 5. The van der Waals surface area contributed by atoms with Gasteiger partial charge in [-0.1, -0.05) is 28.1 Å². The number of benzene rings is 2. The average molecular weight is 348 g/mol. The molecule has 108 valence electrons. The summed E-state index contributed by atoms with van der Waals surface area (Å²) in [4.78, 5) is 22.9. The van der Waals surface area contributed by atoms with Crippen molar-refractivity contribution in [2.24, 2.45) is 0 Å². The van der Waals surface area contributed by atoms with Crippen molar-refractivity contribution in [1.82, 2.24) is 0 Å². The van der Waals surface area contributed by atoms with Crippen LogP contribution < -0.4 is 10.1 Å². The number of ketones is 1. The molecule has 0 aliphatic carbocycles. The lowest BCUT2D eigenvalue weighted by atomic mass is 10.1. The number of halogens is 1. The molecule has 21 heavy (non-hydrogen) atoms. The van der Waals surface area contributed by atoms with Gasteiger partial charge in [-0.05, 0) is 36.4 Å². The molecule has 0 saturated carbocycles. The number of nitrogens with one attached hydrogen (secondary N) is 1. The lowest BCUT2D eigenvalue weighted by molar-refractivity contribution is -0.114. The SMILES string of the molecule is CC(=O)Nc1ccc(OCC(=O)c2cccc(Br)c2)cc1. The first-order valence-electron chi connectivity index (χ1n) is 6.34. The summed E-state index contributed by atoms with van der Waals surface area (Å²) in [6.07, 6.45) is 0. The van der Waals surface area contributed by atoms with Crippen molar-refractivity contribution in [2.45, 2.75) is 6.92 Å². The molecule has 5 heteroatoms. The molecule has 0 unspecified atom stereocenters. The van der Waals surface area contributed by atoms with Gasteiger partial charge in [0, 0.05) is 22.6 Å². The second kappa shape index (κ2) is 7.04. The maximum atomic E-state index is 12.0. The molecule has 0 aliphatic rings. The molecule has 0 bridgehead atoms. The summed E-state index contributed by atoms with van der Waals surface area (Å²) in [5.41, 5.74) is 1.28. The minimum atomic E-state index is -0.131. The zero-order valence-corrected chi connectivity index (χ0v) is 13.0. The summed E-state index contributed by atoms with van der Waals surface area (Å²) >= 11 is 3.33. The Labute approximate surface area is 131 Å². The van der Waals surface area contributed by atoms with Gasteiger partial charge in [0.2, 0.25) is 5.91 Å². The number of carbonyl (C=O) groups is 2. The molecule has 0 aliphatic heterocycles. The van der Waals surface area contributed by atoms with Crippen LogP contribution in [0.2, 0.25) is 0 Å². The van der Waals surface area contributed by atoms with E-state index in [0.717, 1.165) is 4.47 Å². The van der Waals surface area contributed by atoms with Gasteiger partial charge >= 0.3 is 0 Å². The highest BCUT2D eigenvalue weighted by molar-refractivity contribution is 9.10. The van der Waals surface area contributed by atoms with Crippen LogP contribution in [0.4, 0.5) is 5.69 Å². The van der Waals surface area contributed by atoms with Crippen LogP contribution in [0.1, 0.15) is 17.3 Å². The van der Waals surface area contributed by atoms with Crippen molar-refractivity contribution in [3.63, 3.8) is 0 Å². The third-order valence-corrected chi connectivity index (χ3v) is 3.18. The molecule has 2 rings (SSSR count). The molecule has 0 fully saturated rings. The fourth-order valence-corrected chi connectivity index (χ4v) is 2.13. The first-order valence-corrected chi connectivity index (χ1v) is 7.13. The highest BCUT2D eigenvalue weighted by atomic mass is 79.9. The smallest absolute Gasteiger partial charge is 0.221 e. The molecule has 2 aromatic rings. The number of anilines is 1. The Morgan fingerprint density at radius 2 is 1.86 bits per heavy atom. The van der Waals surface area contributed by atoms with Crippen molar-refractivity contribution < 1.29 is 14.3 Å². The minimum absolute atomic E-state index is 0.0318. The monoisotopic (exact) mass is 347 g/mol. The highest BCUT2D eigenvalue weighted by Gasteiger charge is 2.07. The van der Waals surface area contributed by atoms with Gasteiger partial charge in [-0.3, -0.25) is 9.59 Å². The molecule has 0 saturated heterocycles. The van der Waals surface area contributed by atoms with Crippen LogP contribution in [0.5, 0.6) is 5.75 Å². The Morgan fingerprint density at radius 1 is 1.14 bits per heavy atom. The van der Waals surface area contributed by atoms with Crippen LogP contribution in [0.15, 0.2) is 53.0 Å². The first-order chi connectivity index (χ1) is 10.0. The second-order valence-corrected chi connectivity index (χ2v) is 5.34. The Morgan fingerprint density at radius 3 is 2.48 bits per heavy atom. The van der Waals surface area contributed by atoms with E-state index in [1.807, 2.05) is 6.07 Å². The summed E-state index contributed by atoms with van der Waals surface area (Å²) in [6.45, 7) is 1.41. The minimum Gasteiger partial charge on any atom is -0.485 e. The van der Waals surface area contributed by atoms with Gasteiger partial charge < -0.3 is 10.1 Å². The molecule has 0 spiro atoms. The second-order valence-electron chi connectivity index (χ2n) is 4.43. The van der Waals surface area contributed by atoms with Crippen molar-refractivity contribution in [3.8, 4) is 5.75 Å². The number of hydrogen-bond donors (Lipinski definition) is 1. The molecule has 0 atom stereocenters. The molecule has 0 aromatic heterocycles. The van der Waals surface area contributed by atoms with Gasteiger partial charge in [0.25, 0.3) is 0 Å². The number of ether oxygens (including phenoxy) is 1.